The predicted molar refractivity (Wildman–Crippen MR) is 528 cm³/mol. The van der Waals surface area contributed by atoms with Crippen LogP contribution in [-0.4, -0.2) is 95.9 Å². The minimum Gasteiger partial charge on any atom is -0.463 e. The Morgan fingerprint density at radius 1 is 0.232 bits per heavy atom. The van der Waals surface area contributed by atoms with Crippen molar-refractivity contribution in [3.05, 3.63) is 170 Å². The Kier molecular flexibility index (Phi) is 94.0. The van der Waals surface area contributed by atoms with Gasteiger partial charge >= 0.3 is 33.6 Å². The zero-order valence-corrected chi connectivity index (χ0v) is 81.3. The molecule has 718 valence electrons. The molecule has 0 amide bonds. The molecule has 0 radical (unpaired) electrons. The van der Waals surface area contributed by atoms with Gasteiger partial charge in [-0.05, 0) is 154 Å². The Morgan fingerprint density at radius 2 is 0.424 bits per heavy atom. The highest BCUT2D eigenvalue weighted by Crippen LogP contribution is 2.45. The monoisotopic (exact) mass is 1790 g/mol. The van der Waals surface area contributed by atoms with Crippen LogP contribution >= 0.6 is 15.6 Å². The van der Waals surface area contributed by atoms with E-state index >= 15 is 0 Å². The Bertz CT molecular complexity index is 2950. The van der Waals surface area contributed by atoms with E-state index in [0.717, 1.165) is 167 Å². The van der Waals surface area contributed by atoms with Gasteiger partial charge in [-0.25, -0.2) is 9.13 Å². The summed E-state index contributed by atoms with van der Waals surface area (Å²) in [6.45, 7) is 2.50. The first-order valence-corrected chi connectivity index (χ1v) is 53.4. The van der Waals surface area contributed by atoms with Crippen LogP contribution < -0.4 is 0 Å². The summed E-state index contributed by atoms with van der Waals surface area (Å²) in [6, 6.07) is 0. The van der Waals surface area contributed by atoms with Gasteiger partial charge in [0.15, 0.2) is 6.10 Å². The van der Waals surface area contributed by atoms with Crippen LogP contribution in [0.4, 0.5) is 0 Å². The van der Waals surface area contributed by atoms with E-state index in [1.165, 1.54) is 205 Å². The smallest absolute Gasteiger partial charge is 0.463 e. The third-order valence-electron chi connectivity index (χ3n) is 21.4. The summed E-state index contributed by atoms with van der Waals surface area (Å²) in [6.07, 6.45) is 128. The summed E-state index contributed by atoms with van der Waals surface area (Å²) >= 11 is 0. The predicted octanol–water partition coefficient (Wildman–Crippen LogP) is 31.8. The van der Waals surface area contributed by atoms with E-state index in [1.807, 2.05) is 0 Å². The minimum atomic E-state index is -4.95. The first kappa shape index (κ1) is 120. The van der Waals surface area contributed by atoms with Crippen LogP contribution in [-0.2, 0) is 55.8 Å². The van der Waals surface area contributed by atoms with Crippen molar-refractivity contribution in [2.24, 2.45) is 0 Å². The fourth-order valence-electron chi connectivity index (χ4n) is 13.8. The molecule has 0 aliphatic carbocycles. The van der Waals surface area contributed by atoms with Gasteiger partial charge in [0.05, 0.1) is 26.4 Å². The van der Waals surface area contributed by atoms with E-state index in [9.17, 15) is 43.5 Å². The molecule has 0 aromatic heterocycles. The lowest BCUT2D eigenvalue weighted by Gasteiger charge is -2.21. The molecule has 5 atom stereocenters. The molecule has 0 saturated carbocycles. The van der Waals surface area contributed by atoms with Gasteiger partial charge in [0.1, 0.15) is 25.4 Å². The normalized spacial score (nSPS) is 14.4. The van der Waals surface area contributed by atoms with E-state index in [0.29, 0.717) is 19.3 Å². The van der Waals surface area contributed by atoms with Crippen LogP contribution in [0.3, 0.4) is 0 Å². The van der Waals surface area contributed by atoms with Crippen LogP contribution in [0.5, 0.6) is 0 Å². The van der Waals surface area contributed by atoms with E-state index in [1.54, 1.807) is 0 Å². The van der Waals surface area contributed by atoms with E-state index in [2.05, 4.69) is 191 Å². The molecular weight excluding hydrogens is 1600 g/mol. The number of esters is 3. The largest absolute Gasteiger partial charge is 0.472 e. The summed E-state index contributed by atoms with van der Waals surface area (Å²) in [5.41, 5.74) is 0. The highest BCUT2D eigenvalue weighted by Gasteiger charge is 2.30. The second-order valence-corrected chi connectivity index (χ2v) is 36.4. The summed E-state index contributed by atoms with van der Waals surface area (Å²) < 4.78 is 61.7. The lowest BCUT2D eigenvalue weighted by atomic mass is 10.0. The second-order valence-electron chi connectivity index (χ2n) is 33.5. The minimum absolute atomic E-state index is 0.0992. The zero-order chi connectivity index (χ0) is 90.7. The van der Waals surface area contributed by atoms with E-state index in [-0.39, 0.29) is 19.3 Å². The zero-order valence-electron chi connectivity index (χ0n) is 79.5. The van der Waals surface area contributed by atoms with Crippen LogP contribution in [0.15, 0.2) is 170 Å². The fraction of sp³-hybridized carbons (Fsp3) is 0.710. The van der Waals surface area contributed by atoms with E-state index < -0.39 is 91.5 Å². The van der Waals surface area contributed by atoms with Crippen LogP contribution in [0.25, 0.3) is 0 Å². The van der Waals surface area contributed by atoms with Crippen LogP contribution in [0.1, 0.15) is 432 Å². The van der Waals surface area contributed by atoms with Gasteiger partial charge in [-0.2, -0.15) is 0 Å². The Morgan fingerprint density at radius 3 is 0.672 bits per heavy atom. The van der Waals surface area contributed by atoms with Crippen molar-refractivity contribution in [3.8, 4) is 0 Å². The lowest BCUT2D eigenvalue weighted by Crippen LogP contribution is -2.30. The van der Waals surface area contributed by atoms with Crippen molar-refractivity contribution in [3.63, 3.8) is 0 Å². The van der Waals surface area contributed by atoms with Gasteiger partial charge in [-0.1, -0.05) is 428 Å². The average molecular weight is 1790 g/mol. The second kappa shape index (κ2) is 98.0. The molecule has 0 aromatic carbocycles. The molecule has 0 aliphatic heterocycles. The number of aliphatic hydroxyl groups excluding tert-OH is 2. The van der Waals surface area contributed by atoms with Crippen LogP contribution in [0, 0.1) is 0 Å². The SMILES string of the molecule is CC/C=C\C/C=C\C/C=C\C/C=C\C/C=C\CCCCCCCCCCCCCCCC(=O)OCC(COP(=O)(O)OCC(O)COP(=O)(O)OCC(O)COC(=O)CCCCCCCCCCCCCCCCC/C=C\C/C=C\C/C=C\C/C=C\CCCCC)OC(=O)CCCCCCCCCCCCCCC/C=C\C/C=C\C/C=C\C/C=C\C/C=C\CC. The molecule has 18 heteroatoms. The average Bonchev–Trinajstić information content (AvgIpc) is 0.897. The summed E-state index contributed by atoms with van der Waals surface area (Å²) in [5.74, 6) is -1.56. The first-order chi connectivity index (χ1) is 61.2. The number of carbonyl (C=O) groups excluding carboxylic acids is 3. The molecule has 0 saturated heterocycles. The maximum Gasteiger partial charge on any atom is 0.472 e. The number of hydrogen-bond acceptors (Lipinski definition) is 14. The topological polar surface area (TPSA) is 231 Å². The standard InChI is InChI=1S/C107H184O16P2/c1-4-7-10-13-16-19-22-25-28-31-34-37-40-43-46-49-50-53-55-57-60-63-66-69-72-75-78-81-84-87-90-93-105(110)117-96-102(108)97-119-124(113,114)120-98-103(109)99-121-125(115,116)122-101-104(123-107(112)95-92-89-86-83-80-77-74-71-68-65-62-59-56-52-48-45-42-39-36-33-30-27-24-21-18-15-12-9-6-3)100-118-106(111)94-91-88-85-82-79-76-73-70-67-64-61-58-54-51-47-44-41-38-35-32-29-26-23-20-17-14-11-8-5-2/h8-9,11-12,16-21,25-30,34-39,43-48,102-104,108-109H,4-7,10,13-15,22-24,31-33,40-42,49-101H2,1-3H3,(H,113,114)(H,115,116)/b11-8-,12-9-,19-16-,20-17-,21-18-,28-25-,29-26-,30-27-,37-34-,38-35-,39-36-,46-43-,47-44-,48-45-. The molecule has 0 rings (SSSR count). The maximum absolute atomic E-state index is 13.1. The van der Waals surface area contributed by atoms with Gasteiger partial charge in [-0.15, -0.1) is 0 Å². The molecule has 125 heavy (non-hydrogen) atoms. The third-order valence-corrected chi connectivity index (χ3v) is 23.3. The van der Waals surface area contributed by atoms with Crippen molar-refractivity contribution in [2.45, 2.75) is 450 Å². The first-order valence-electron chi connectivity index (χ1n) is 50.4. The van der Waals surface area contributed by atoms with Gasteiger partial charge < -0.3 is 34.2 Å². The summed E-state index contributed by atoms with van der Waals surface area (Å²) in [5, 5.41) is 20.8. The van der Waals surface area contributed by atoms with Crippen molar-refractivity contribution in [1.29, 1.82) is 0 Å². The molecular formula is C107H184O16P2. The molecule has 0 heterocycles. The number of aliphatic hydroxyl groups is 2. The van der Waals surface area contributed by atoms with Crippen molar-refractivity contribution >= 4 is 33.6 Å². The Hall–Kier alpha value is -5.09. The third kappa shape index (κ3) is 99.3. The molecule has 5 unspecified atom stereocenters. The molecule has 0 aliphatic rings. The molecule has 4 N–H and O–H groups in total. The molecule has 0 bridgehead atoms. The number of hydrogen-bond donors (Lipinski definition) is 4. The van der Waals surface area contributed by atoms with Crippen LogP contribution in [0.2, 0.25) is 0 Å². The fourth-order valence-corrected chi connectivity index (χ4v) is 15.4. The summed E-state index contributed by atoms with van der Waals surface area (Å²) in [7, 11) is -9.82. The van der Waals surface area contributed by atoms with Gasteiger partial charge in [0, 0.05) is 19.3 Å². The number of phosphoric ester groups is 2. The molecule has 0 fully saturated rings. The number of rotatable bonds is 95. The highest BCUT2D eigenvalue weighted by molar-refractivity contribution is 7.47. The highest BCUT2D eigenvalue weighted by atomic mass is 31.2. The number of carbonyl (C=O) groups is 3. The van der Waals surface area contributed by atoms with E-state index in [4.69, 9.17) is 32.3 Å². The van der Waals surface area contributed by atoms with Gasteiger partial charge in [0.25, 0.3) is 0 Å². The Balaban J connectivity index is 4.63. The number of phosphoric acid groups is 2. The number of unbranched alkanes of at least 4 members (excludes halogenated alkanes) is 44. The number of allylic oxidation sites excluding steroid dienone is 28. The van der Waals surface area contributed by atoms with Crippen molar-refractivity contribution in [2.75, 3.05) is 39.6 Å². The lowest BCUT2D eigenvalue weighted by molar-refractivity contribution is -0.161. The molecule has 16 nitrogen and oxygen atoms in total. The number of ether oxygens (including phenoxy) is 3. The maximum atomic E-state index is 13.1. The molecule has 0 aromatic rings. The van der Waals surface area contributed by atoms with Crippen molar-refractivity contribution in [1.82, 2.24) is 0 Å². The summed E-state index contributed by atoms with van der Waals surface area (Å²) in [4.78, 5) is 59.2. The van der Waals surface area contributed by atoms with Gasteiger partial charge in [0.2, 0.25) is 0 Å². The Labute approximate surface area is 764 Å². The van der Waals surface area contributed by atoms with Crippen molar-refractivity contribution < 1.29 is 75.8 Å². The quantitative estimate of drug-likeness (QED) is 0.0146. The van der Waals surface area contributed by atoms with Gasteiger partial charge in [-0.3, -0.25) is 32.5 Å². The molecule has 0 spiro atoms.